The number of hydrazone groups is 1. The third kappa shape index (κ3) is 8.56. The number of carbonyl (C=O) groups excluding carboxylic acids is 2. The van der Waals surface area contributed by atoms with Crippen LogP contribution in [0.4, 0.5) is 5.69 Å². The Bertz CT molecular complexity index is 1320. The van der Waals surface area contributed by atoms with Crippen molar-refractivity contribution in [1.29, 1.82) is 0 Å². The zero-order chi connectivity index (χ0) is 27.6. The highest BCUT2D eigenvalue weighted by Crippen LogP contribution is 2.22. The summed E-state index contributed by atoms with van der Waals surface area (Å²) in [4.78, 5) is 28.3. The van der Waals surface area contributed by atoms with E-state index in [4.69, 9.17) is 4.74 Å². The van der Waals surface area contributed by atoms with Gasteiger partial charge >= 0.3 is 0 Å². The molecule has 0 saturated carbocycles. The van der Waals surface area contributed by atoms with Crippen LogP contribution in [0.1, 0.15) is 43.0 Å². The number of hydrogen-bond acceptors (Lipinski definition) is 6. The van der Waals surface area contributed by atoms with Crippen molar-refractivity contribution in [2.45, 2.75) is 20.4 Å². The number of amides is 2. The standard InChI is InChI=1S/C30H34BrN5O3/c1-21-3-4-24(17-22(21)2)20-33-35-30(38)27-18-26(31)9-10-28(27)34-29(37)25-7-5-23(6-8-25)19-32-11-12-36-13-15-39-16-14-36/h3-10,17-18,20,32H,11-16,19H2,1-2H3,(H,34,37)(H,35,38)/b33-20+. The van der Waals surface area contributed by atoms with Gasteiger partial charge in [-0.2, -0.15) is 5.10 Å². The van der Waals surface area contributed by atoms with Crippen LogP contribution in [0.25, 0.3) is 0 Å². The molecular weight excluding hydrogens is 558 g/mol. The topological polar surface area (TPSA) is 95.1 Å². The molecule has 0 aromatic heterocycles. The smallest absolute Gasteiger partial charge is 0.273 e. The second kappa shape index (κ2) is 14.1. The fraction of sp³-hybridized carbons (Fsp3) is 0.300. The van der Waals surface area contributed by atoms with Crippen molar-refractivity contribution < 1.29 is 14.3 Å². The van der Waals surface area contributed by atoms with E-state index in [1.165, 1.54) is 5.56 Å². The highest BCUT2D eigenvalue weighted by Gasteiger charge is 2.15. The first kappa shape index (κ1) is 28.6. The number of aryl methyl sites for hydroxylation is 2. The Hall–Kier alpha value is -3.37. The van der Waals surface area contributed by atoms with E-state index in [0.717, 1.165) is 62.6 Å². The minimum atomic E-state index is -0.426. The van der Waals surface area contributed by atoms with Crippen LogP contribution in [0, 0.1) is 13.8 Å². The quantitative estimate of drug-likeness (QED) is 0.183. The molecule has 8 nitrogen and oxygen atoms in total. The molecular formula is C30H34BrN5O3. The normalized spacial score (nSPS) is 13.9. The monoisotopic (exact) mass is 591 g/mol. The van der Waals surface area contributed by atoms with Crippen LogP contribution in [0.5, 0.6) is 0 Å². The third-order valence-electron chi connectivity index (χ3n) is 6.64. The lowest BCUT2D eigenvalue weighted by molar-refractivity contribution is 0.0384. The molecule has 0 spiro atoms. The summed E-state index contributed by atoms with van der Waals surface area (Å²) < 4.78 is 6.10. The van der Waals surface area contributed by atoms with E-state index in [2.05, 4.69) is 42.0 Å². The molecule has 2 amide bonds. The maximum atomic E-state index is 13.0. The number of benzene rings is 3. The van der Waals surface area contributed by atoms with Crippen molar-refractivity contribution >= 4 is 39.6 Å². The van der Waals surface area contributed by atoms with Crippen LogP contribution in [-0.2, 0) is 11.3 Å². The molecule has 0 atom stereocenters. The van der Waals surface area contributed by atoms with Crippen LogP contribution in [-0.4, -0.2) is 62.3 Å². The minimum Gasteiger partial charge on any atom is -0.379 e. The molecule has 1 aliphatic rings. The van der Waals surface area contributed by atoms with Gasteiger partial charge in [-0.1, -0.05) is 46.3 Å². The Kier molecular flexibility index (Phi) is 10.4. The Morgan fingerprint density at radius 1 is 0.974 bits per heavy atom. The second-order valence-corrected chi connectivity index (χ2v) is 10.4. The lowest BCUT2D eigenvalue weighted by Gasteiger charge is -2.26. The fourth-order valence-corrected chi connectivity index (χ4v) is 4.51. The molecule has 39 heavy (non-hydrogen) atoms. The lowest BCUT2D eigenvalue weighted by Crippen LogP contribution is -2.40. The molecule has 1 aliphatic heterocycles. The molecule has 0 bridgehead atoms. The lowest BCUT2D eigenvalue weighted by atomic mass is 10.1. The first-order valence-electron chi connectivity index (χ1n) is 13.0. The number of morpholine rings is 1. The number of nitrogens with one attached hydrogen (secondary N) is 3. The largest absolute Gasteiger partial charge is 0.379 e. The predicted octanol–water partition coefficient (Wildman–Crippen LogP) is 4.50. The van der Waals surface area contributed by atoms with Gasteiger partial charge < -0.3 is 15.4 Å². The van der Waals surface area contributed by atoms with E-state index < -0.39 is 5.91 Å². The molecule has 0 aliphatic carbocycles. The average Bonchev–Trinajstić information content (AvgIpc) is 2.95. The Balaban J connectivity index is 1.32. The van der Waals surface area contributed by atoms with Gasteiger partial charge in [0.15, 0.2) is 0 Å². The van der Waals surface area contributed by atoms with Crippen LogP contribution < -0.4 is 16.1 Å². The molecule has 1 saturated heterocycles. The van der Waals surface area contributed by atoms with E-state index in [9.17, 15) is 9.59 Å². The minimum absolute atomic E-state index is 0.295. The van der Waals surface area contributed by atoms with Gasteiger partial charge in [0.2, 0.25) is 0 Å². The van der Waals surface area contributed by atoms with E-state index in [1.54, 1.807) is 36.5 Å². The summed E-state index contributed by atoms with van der Waals surface area (Å²) in [6, 6.07) is 18.5. The van der Waals surface area contributed by atoms with Gasteiger partial charge in [-0.15, -0.1) is 0 Å². The van der Waals surface area contributed by atoms with Gasteiger partial charge in [-0.3, -0.25) is 14.5 Å². The van der Waals surface area contributed by atoms with E-state index in [0.29, 0.717) is 21.3 Å². The zero-order valence-electron chi connectivity index (χ0n) is 22.3. The van der Waals surface area contributed by atoms with Crippen molar-refractivity contribution in [3.8, 4) is 0 Å². The molecule has 3 N–H and O–H groups in total. The number of ether oxygens (including phenoxy) is 1. The highest BCUT2D eigenvalue weighted by atomic mass is 79.9. The number of carbonyl (C=O) groups is 2. The summed E-state index contributed by atoms with van der Waals surface area (Å²) in [7, 11) is 0. The predicted molar refractivity (Wildman–Crippen MR) is 158 cm³/mol. The number of nitrogens with zero attached hydrogens (tertiary/aromatic N) is 2. The molecule has 204 valence electrons. The number of hydrogen-bond donors (Lipinski definition) is 3. The van der Waals surface area contributed by atoms with E-state index in [-0.39, 0.29) is 5.91 Å². The van der Waals surface area contributed by atoms with Crippen LogP contribution >= 0.6 is 15.9 Å². The van der Waals surface area contributed by atoms with Gasteiger partial charge in [0.25, 0.3) is 11.8 Å². The Morgan fingerprint density at radius 3 is 2.49 bits per heavy atom. The van der Waals surface area contributed by atoms with Crippen molar-refractivity contribution in [1.82, 2.24) is 15.6 Å². The van der Waals surface area contributed by atoms with Gasteiger partial charge in [-0.05, 0) is 66.4 Å². The number of anilines is 1. The summed E-state index contributed by atoms with van der Waals surface area (Å²) >= 11 is 3.41. The second-order valence-electron chi connectivity index (χ2n) is 9.51. The first-order valence-corrected chi connectivity index (χ1v) is 13.8. The SMILES string of the molecule is Cc1ccc(/C=N/NC(=O)c2cc(Br)ccc2NC(=O)c2ccc(CNCCN3CCOCC3)cc2)cc1C. The Labute approximate surface area is 237 Å². The van der Waals surface area contributed by atoms with Gasteiger partial charge in [-0.25, -0.2) is 5.43 Å². The Morgan fingerprint density at radius 2 is 1.74 bits per heavy atom. The summed E-state index contributed by atoms with van der Waals surface area (Å²) in [5, 5.41) is 10.4. The molecule has 0 unspecified atom stereocenters. The summed E-state index contributed by atoms with van der Waals surface area (Å²) in [5.41, 5.74) is 8.09. The summed E-state index contributed by atoms with van der Waals surface area (Å²) in [6.45, 7) is 10.2. The van der Waals surface area contributed by atoms with Crippen LogP contribution in [0.15, 0.2) is 70.2 Å². The number of halogens is 1. The fourth-order valence-electron chi connectivity index (χ4n) is 4.15. The van der Waals surface area contributed by atoms with Crippen molar-refractivity contribution in [3.63, 3.8) is 0 Å². The van der Waals surface area contributed by atoms with Crippen molar-refractivity contribution in [3.05, 3.63) is 98.5 Å². The van der Waals surface area contributed by atoms with Crippen molar-refractivity contribution in [2.24, 2.45) is 5.10 Å². The first-order chi connectivity index (χ1) is 18.9. The average molecular weight is 593 g/mol. The molecule has 3 aromatic carbocycles. The molecule has 1 fully saturated rings. The zero-order valence-corrected chi connectivity index (χ0v) is 23.9. The van der Waals surface area contributed by atoms with E-state index in [1.807, 2.05) is 44.2 Å². The van der Waals surface area contributed by atoms with Crippen molar-refractivity contribution in [2.75, 3.05) is 44.7 Å². The highest BCUT2D eigenvalue weighted by molar-refractivity contribution is 9.10. The molecule has 0 radical (unpaired) electrons. The van der Waals surface area contributed by atoms with Gasteiger partial charge in [0.1, 0.15) is 0 Å². The summed E-state index contributed by atoms with van der Waals surface area (Å²) in [5.74, 6) is -0.720. The molecule has 3 aromatic rings. The maximum absolute atomic E-state index is 13.0. The molecule has 9 heteroatoms. The summed E-state index contributed by atoms with van der Waals surface area (Å²) in [6.07, 6.45) is 1.60. The van der Waals surface area contributed by atoms with Gasteiger partial charge in [0.05, 0.1) is 30.7 Å². The van der Waals surface area contributed by atoms with Gasteiger partial charge in [0, 0.05) is 42.8 Å². The third-order valence-corrected chi connectivity index (χ3v) is 7.13. The molecule has 4 rings (SSSR count). The van der Waals surface area contributed by atoms with Crippen LogP contribution in [0.2, 0.25) is 0 Å². The van der Waals surface area contributed by atoms with E-state index >= 15 is 0 Å². The number of rotatable bonds is 10. The molecule has 1 heterocycles. The van der Waals surface area contributed by atoms with Crippen LogP contribution in [0.3, 0.4) is 0 Å². The maximum Gasteiger partial charge on any atom is 0.273 e.